The number of carbonyl (C=O) groups excluding carboxylic acids is 1. The lowest BCUT2D eigenvalue weighted by atomic mass is 9.97. The summed E-state index contributed by atoms with van der Waals surface area (Å²) in [5.41, 5.74) is 0.713. The van der Waals surface area contributed by atoms with Gasteiger partial charge in [-0.15, -0.1) is 0 Å². The van der Waals surface area contributed by atoms with E-state index < -0.39 is 0 Å². The molecule has 0 unspecified atom stereocenters. The normalized spacial score (nSPS) is 21.9. The number of hydrogen-bond donors (Lipinski definition) is 2. The molecule has 0 aromatic carbocycles. The predicted molar refractivity (Wildman–Crippen MR) is 75.5 cm³/mol. The molecular formula is C14H17N5O. The van der Waals surface area contributed by atoms with Gasteiger partial charge in [0.05, 0.1) is 17.8 Å². The van der Waals surface area contributed by atoms with E-state index in [9.17, 15) is 4.79 Å². The Balaban J connectivity index is 1.68. The SMILES string of the molecule is C[C@@H]1CNC[C@H]1C(=O)Nc1ccc(-n2cccn2)nc1. The van der Waals surface area contributed by atoms with Crippen LogP contribution < -0.4 is 10.6 Å². The number of nitrogens with zero attached hydrogens (tertiary/aromatic N) is 3. The highest BCUT2D eigenvalue weighted by Gasteiger charge is 2.29. The molecule has 6 nitrogen and oxygen atoms in total. The van der Waals surface area contributed by atoms with E-state index >= 15 is 0 Å². The van der Waals surface area contributed by atoms with Crippen LogP contribution in [0.2, 0.25) is 0 Å². The molecule has 0 bridgehead atoms. The summed E-state index contributed by atoms with van der Waals surface area (Å²) in [6.07, 6.45) is 5.18. The Morgan fingerprint density at radius 2 is 2.35 bits per heavy atom. The fourth-order valence-corrected chi connectivity index (χ4v) is 2.40. The molecule has 2 N–H and O–H groups in total. The largest absolute Gasteiger partial charge is 0.324 e. The fourth-order valence-electron chi connectivity index (χ4n) is 2.40. The molecule has 2 atom stereocenters. The third kappa shape index (κ3) is 2.55. The first-order chi connectivity index (χ1) is 9.74. The molecule has 6 heteroatoms. The Hall–Kier alpha value is -2.21. The van der Waals surface area contributed by atoms with Crippen molar-refractivity contribution < 1.29 is 4.79 Å². The van der Waals surface area contributed by atoms with E-state index in [0.29, 0.717) is 11.6 Å². The van der Waals surface area contributed by atoms with Crippen LogP contribution in [0.4, 0.5) is 5.69 Å². The van der Waals surface area contributed by atoms with Crippen LogP contribution in [-0.2, 0) is 4.79 Å². The van der Waals surface area contributed by atoms with Gasteiger partial charge in [-0.3, -0.25) is 4.79 Å². The minimum absolute atomic E-state index is 0.0285. The first-order valence-electron chi connectivity index (χ1n) is 6.71. The van der Waals surface area contributed by atoms with Crippen LogP contribution in [0, 0.1) is 11.8 Å². The van der Waals surface area contributed by atoms with Crippen LogP contribution in [0.15, 0.2) is 36.8 Å². The van der Waals surface area contributed by atoms with Crippen molar-refractivity contribution in [3.63, 3.8) is 0 Å². The zero-order chi connectivity index (χ0) is 13.9. The molecule has 1 aliphatic rings. The standard InChI is InChI=1S/C14H17N5O/c1-10-7-15-9-12(10)14(20)18-11-3-4-13(16-8-11)19-6-2-5-17-19/h2-6,8,10,12,15H,7,9H2,1H3,(H,18,20)/t10-,12-/m1/s1. The number of anilines is 1. The Bertz CT molecular complexity index is 578. The van der Waals surface area contributed by atoms with E-state index in [0.717, 1.165) is 18.9 Å². The second-order valence-electron chi connectivity index (χ2n) is 5.09. The lowest BCUT2D eigenvalue weighted by Gasteiger charge is -2.14. The monoisotopic (exact) mass is 271 g/mol. The van der Waals surface area contributed by atoms with Crippen molar-refractivity contribution in [1.82, 2.24) is 20.1 Å². The van der Waals surface area contributed by atoms with Crippen molar-refractivity contribution in [2.75, 3.05) is 18.4 Å². The summed E-state index contributed by atoms with van der Waals surface area (Å²) in [7, 11) is 0. The number of nitrogens with one attached hydrogen (secondary N) is 2. The van der Waals surface area contributed by atoms with Crippen LogP contribution in [0.25, 0.3) is 5.82 Å². The molecule has 0 radical (unpaired) electrons. The predicted octanol–water partition coefficient (Wildman–Crippen LogP) is 1.06. The van der Waals surface area contributed by atoms with Gasteiger partial charge in [0.15, 0.2) is 5.82 Å². The number of hydrogen-bond acceptors (Lipinski definition) is 4. The molecule has 0 spiro atoms. The smallest absolute Gasteiger partial charge is 0.229 e. The van der Waals surface area contributed by atoms with E-state index in [1.54, 1.807) is 17.1 Å². The molecule has 3 rings (SSSR count). The summed E-state index contributed by atoms with van der Waals surface area (Å²) >= 11 is 0. The topological polar surface area (TPSA) is 71.8 Å². The van der Waals surface area contributed by atoms with E-state index in [2.05, 4.69) is 27.6 Å². The minimum Gasteiger partial charge on any atom is -0.324 e. The molecule has 2 aromatic rings. The highest BCUT2D eigenvalue weighted by atomic mass is 16.1. The number of aromatic nitrogens is 3. The van der Waals surface area contributed by atoms with Crippen LogP contribution in [0.1, 0.15) is 6.92 Å². The highest BCUT2D eigenvalue weighted by Crippen LogP contribution is 2.18. The number of amides is 1. The number of pyridine rings is 1. The fraction of sp³-hybridized carbons (Fsp3) is 0.357. The van der Waals surface area contributed by atoms with Crippen LogP contribution in [0.3, 0.4) is 0 Å². The lowest BCUT2D eigenvalue weighted by molar-refractivity contribution is -0.120. The minimum atomic E-state index is 0.0285. The summed E-state index contributed by atoms with van der Waals surface area (Å²) in [6.45, 7) is 3.73. The van der Waals surface area contributed by atoms with Gasteiger partial charge in [-0.2, -0.15) is 5.10 Å². The zero-order valence-electron chi connectivity index (χ0n) is 11.3. The Labute approximate surface area is 117 Å². The van der Waals surface area contributed by atoms with E-state index in [1.165, 1.54) is 0 Å². The van der Waals surface area contributed by atoms with Crippen molar-refractivity contribution in [2.45, 2.75) is 6.92 Å². The molecule has 2 aromatic heterocycles. The second kappa shape index (κ2) is 5.42. The summed E-state index contributed by atoms with van der Waals surface area (Å²) in [4.78, 5) is 16.4. The van der Waals surface area contributed by atoms with Gasteiger partial charge in [-0.1, -0.05) is 6.92 Å². The van der Waals surface area contributed by atoms with Crippen molar-refractivity contribution in [2.24, 2.45) is 11.8 Å². The molecule has 0 aliphatic carbocycles. The van der Waals surface area contributed by atoms with Gasteiger partial charge < -0.3 is 10.6 Å². The molecule has 0 saturated carbocycles. The van der Waals surface area contributed by atoms with Gasteiger partial charge in [0.2, 0.25) is 5.91 Å². The molecule has 3 heterocycles. The van der Waals surface area contributed by atoms with Crippen LogP contribution in [0.5, 0.6) is 0 Å². The van der Waals surface area contributed by atoms with E-state index in [1.807, 2.05) is 24.4 Å². The Kier molecular flexibility index (Phi) is 3.47. The maximum Gasteiger partial charge on any atom is 0.229 e. The van der Waals surface area contributed by atoms with Gasteiger partial charge in [0.1, 0.15) is 0 Å². The van der Waals surface area contributed by atoms with Gasteiger partial charge >= 0.3 is 0 Å². The van der Waals surface area contributed by atoms with Crippen LogP contribution >= 0.6 is 0 Å². The summed E-state index contributed by atoms with van der Waals surface area (Å²) in [5.74, 6) is 1.17. The average Bonchev–Trinajstić information content (AvgIpc) is 3.10. The Morgan fingerprint density at radius 3 is 2.95 bits per heavy atom. The van der Waals surface area contributed by atoms with E-state index in [-0.39, 0.29) is 11.8 Å². The van der Waals surface area contributed by atoms with Gasteiger partial charge in [0, 0.05) is 18.9 Å². The first kappa shape index (κ1) is 12.8. The third-order valence-corrected chi connectivity index (χ3v) is 3.61. The van der Waals surface area contributed by atoms with E-state index in [4.69, 9.17) is 0 Å². The Morgan fingerprint density at radius 1 is 1.45 bits per heavy atom. The number of rotatable bonds is 3. The quantitative estimate of drug-likeness (QED) is 0.875. The third-order valence-electron chi connectivity index (χ3n) is 3.61. The summed E-state index contributed by atoms with van der Waals surface area (Å²) in [5, 5.41) is 10.3. The van der Waals surface area contributed by atoms with Crippen molar-refractivity contribution in [1.29, 1.82) is 0 Å². The average molecular weight is 271 g/mol. The van der Waals surface area contributed by atoms with Gasteiger partial charge in [0.25, 0.3) is 0 Å². The number of carbonyl (C=O) groups is 1. The second-order valence-corrected chi connectivity index (χ2v) is 5.09. The lowest BCUT2D eigenvalue weighted by Crippen LogP contribution is -2.27. The van der Waals surface area contributed by atoms with Crippen molar-refractivity contribution in [3.05, 3.63) is 36.8 Å². The van der Waals surface area contributed by atoms with Gasteiger partial charge in [-0.05, 0) is 30.7 Å². The zero-order valence-corrected chi connectivity index (χ0v) is 11.3. The molecule has 104 valence electrons. The molecule has 1 fully saturated rings. The molecule has 20 heavy (non-hydrogen) atoms. The van der Waals surface area contributed by atoms with Crippen molar-refractivity contribution >= 4 is 11.6 Å². The van der Waals surface area contributed by atoms with Crippen LogP contribution in [-0.4, -0.2) is 33.8 Å². The van der Waals surface area contributed by atoms with Gasteiger partial charge in [-0.25, -0.2) is 9.67 Å². The molecule has 1 amide bonds. The maximum absolute atomic E-state index is 12.1. The molecule has 1 aliphatic heterocycles. The van der Waals surface area contributed by atoms with Crippen molar-refractivity contribution in [3.8, 4) is 5.82 Å². The molecular weight excluding hydrogens is 254 g/mol. The summed E-state index contributed by atoms with van der Waals surface area (Å²) in [6, 6.07) is 5.51. The molecule has 1 saturated heterocycles. The summed E-state index contributed by atoms with van der Waals surface area (Å²) < 4.78 is 1.68. The maximum atomic E-state index is 12.1. The first-order valence-corrected chi connectivity index (χ1v) is 6.71. The highest BCUT2D eigenvalue weighted by molar-refractivity contribution is 5.93.